The molecule has 0 unspecified atom stereocenters. The minimum Gasteiger partial charge on any atom is -0.870 e. The first kappa shape index (κ1) is 29.9. The third-order valence-corrected chi connectivity index (χ3v) is 7.35. The van der Waals surface area contributed by atoms with Crippen LogP contribution in [0.5, 0.6) is 11.5 Å². The zero-order valence-corrected chi connectivity index (χ0v) is 24.6. The number of fused-ring (bicyclic) bond motifs is 1. The van der Waals surface area contributed by atoms with E-state index in [2.05, 4.69) is 15.5 Å². The van der Waals surface area contributed by atoms with E-state index in [1.165, 1.54) is 25.3 Å². The number of aryl methyl sites for hydroxylation is 1. The molecule has 38 heavy (non-hydrogen) atoms. The van der Waals surface area contributed by atoms with Crippen LogP contribution in [-0.4, -0.2) is 26.0 Å². The Labute approximate surface area is 250 Å². The van der Waals surface area contributed by atoms with E-state index in [1.807, 2.05) is 0 Å². The van der Waals surface area contributed by atoms with Crippen LogP contribution < -0.4 is 44.7 Å². The zero-order valence-electron chi connectivity index (χ0n) is 20.3. The molecule has 0 aliphatic rings. The molecule has 190 valence electrons. The number of nitrogens with zero attached hydrogens (tertiary/aromatic N) is 2. The monoisotopic (exact) mass is 581 g/mol. The van der Waals surface area contributed by atoms with Crippen molar-refractivity contribution in [2.24, 2.45) is 10.2 Å². The van der Waals surface area contributed by atoms with Gasteiger partial charge in [0.2, 0.25) is 0 Å². The number of nitrogens with one attached hydrogen (secondary N) is 1. The van der Waals surface area contributed by atoms with Crippen molar-refractivity contribution in [3.63, 3.8) is 0 Å². The number of carbonyl (C=O) groups is 1. The molecule has 0 spiro atoms. The summed E-state index contributed by atoms with van der Waals surface area (Å²) in [5, 5.41) is 24.7. The maximum Gasteiger partial charge on any atom is 1.00 e. The van der Waals surface area contributed by atoms with Crippen LogP contribution in [0, 0.1) is 6.92 Å². The number of amides is 1. The van der Waals surface area contributed by atoms with Crippen LogP contribution in [0.15, 0.2) is 75.8 Å². The fourth-order valence-electron chi connectivity index (χ4n) is 3.60. The van der Waals surface area contributed by atoms with Gasteiger partial charge in [0.15, 0.2) is 0 Å². The Bertz CT molecular complexity index is 1700. The molecule has 0 atom stereocenters. The predicted octanol–water partition coefficient (Wildman–Crippen LogP) is 3.46. The first-order valence-corrected chi connectivity index (χ1v) is 12.8. The Morgan fingerprint density at radius 3 is 2.42 bits per heavy atom. The van der Waals surface area contributed by atoms with Crippen molar-refractivity contribution in [1.29, 1.82) is 0 Å². The summed E-state index contributed by atoms with van der Waals surface area (Å²) < 4.78 is 38.7. The molecule has 0 heterocycles. The van der Waals surface area contributed by atoms with Crippen LogP contribution >= 0.6 is 23.2 Å². The van der Waals surface area contributed by atoms with Gasteiger partial charge in [0, 0.05) is 10.9 Å². The van der Waals surface area contributed by atoms with Gasteiger partial charge in [0.1, 0.15) is 21.4 Å². The Hall–Kier alpha value is -2.70. The summed E-state index contributed by atoms with van der Waals surface area (Å²) in [6.07, 6.45) is 0. The molecule has 2 N–H and O–H groups in total. The van der Waals surface area contributed by atoms with Crippen LogP contribution in [0.4, 0.5) is 17.1 Å². The maximum atomic E-state index is 13.4. The number of halogens is 2. The molecule has 0 aromatic heterocycles. The van der Waals surface area contributed by atoms with Crippen molar-refractivity contribution in [1.82, 2.24) is 0 Å². The number of methoxy groups -OCH3 is 1. The number of anilines is 1. The van der Waals surface area contributed by atoms with Gasteiger partial charge in [-0.05, 0) is 42.1 Å². The molecule has 4 rings (SSSR count). The van der Waals surface area contributed by atoms with Gasteiger partial charge in [-0.15, -0.1) is 5.11 Å². The van der Waals surface area contributed by atoms with Crippen LogP contribution in [-0.2, 0) is 10.1 Å². The van der Waals surface area contributed by atoms with Gasteiger partial charge >= 0.3 is 29.6 Å². The topological polar surface area (TPSA) is 140 Å². The normalized spacial score (nSPS) is 11.4. The molecule has 4 aromatic carbocycles. The average molecular weight is 582 g/mol. The molecular formula is C25H18Cl2N3NaO6S. The summed E-state index contributed by atoms with van der Waals surface area (Å²) in [7, 11) is -3.33. The van der Waals surface area contributed by atoms with E-state index in [-0.39, 0.29) is 62.2 Å². The third kappa shape index (κ3) is 5.97. The van der Waals surface area contributed by atoms with Crippen LogP contribution in [0.1, 0.15) is 15.9 Å². The number of carbonyl (C=O) groups excluding carboxylic acids is 1. The molecule has 0 bridgehead atoms. The molecule has 13 heteroatoms. The maximum absolute atomic E-state index is 13.4. The van der Waals surface area contributed by atoms with Crippen LogP contribution in [0.3, 0.4) is 0 Å². The first-order valence-electron chi connectivity index (χ1n) is 10.6. The molecule has 0 aliphatic heterocycles. The predicted molar refractivity (Wildman–Crippen MR) is 140 cm³/mol. The second-order valence-corrected chi connectivity index (χ2v) is 9.93. The van der Waals surface area contributed by atoms with Crippen molar-refractivity contribution in [2.75, 3.05) is 12.4 Å². The van der Waals surface area contributed by atoms with Crippen molar-refractivity contribution < 1.29 is 57.2 Å². The van der Waals surface area contributed by atoms with Gasteiger partial charge < -0.3 is 15.2 Å². The van der Waals surface area contributed by atoms with Crippen molar-refractivity contribution in [3.05, 3.63) is 81.8 Å². The summed E-state index contributed by atoms with van der Waals surface area (Å²) in [5.74, 6) is -1.17. The minimum atomic E-state index is -4.76. The molecule has 0 saturated carbocycles. The number of rotatable bonds is 6. The fourth-order valence-corrected chi connectivity index (χ4v) is 5.07. The number of benzene rings is 4. The average Bonchev–Trinajstić information content (AvgIpc) is 2.85. The summed E-state index contributed by atoms with van der Waals surface area (Å²) in [6, 6.07) is 15.6. The van der Waals surface area contributed by atoms with E-state index in [1.54, 1.807) is 49.4 Å². The Morgan fingerprint density at radius 2 is 1.74 bits per heavy atom. The fraction of sp³-hybridized carbons (Fsp3) is 0.0800. The molecule has 0 saturated heterocycles. The summed E-state index contributed by atoms with van der Waals surface area (Å²) in [5.41, 5.74) is -0.118. The first-order chi connectivity index (χ1) is 17.5. The van der Waals surface area contributed by atoms with E-state index < -0.39 is 26.7 Å². The van der Waals surface area contributed by atoms with Crippen molar-refractivity contribution in [2.45, 2.75) is 11.8 Å². The number of ether oxygens (including phenoxy) is 1. The molecule has 1 amide bonds. The van der Waals surface area contributed by atoms with E-state index in [4.69, 9.17) is 27.9 Å². The summed E-state index contributed by atoms with van der Waals surface area (Å²) in [6.45, 7) is 1.55. The SMILES string of the molecule is COc1cccc(NC(=O)c2cc3ccccc3c(N=Nc3ccc(C)c(Cl)c3S(=O)(=O)O)c2[O-])c1Cl.[Na+]. The largest absolute Gasteiger partial charge is 1.00 e. The van der Waals surface area contributed by atoms with Gasteiger partial charge in [-0.25, -0.2) is 0 Å². The number of azo groups is 1. The third-order valence-electron chi connectivity index (χ3n) is 5.44. The van der Waals surface area contributed by atoms with E-state index >= 15 is 0 Å². The standard InChI is InChI=1S/C25H19Cl2N3O6S.Na/c1-13-10-11-18(24(20(13)26)37(33,34)35)29-30-22-15-7-4-3-6-14(15)12-16(23(22)31)25(32)28-17-8-5-9-19(36-2)21(17)27;/h3-12,31H,1-2H3,(H,28,32)(H,33,34,35);/q;+1/p-1. The van der Waals surface area contributed by atoms with Gasteiger partial charge in [0.05, 0.1) is 23.5 Å². The van der Waals surface area contributed by atoms with Crippen LogP contribution in [0.2, 0.25) is 10.0 Å². The van der Waals surface area contributed by atoms with Crippen molar-refractivity contribution >= 4 is 67.1 Å². The van der Waals surface area contributed by atoms with Crippen molar-refractivity contribution in [3.8, 4) is 11.5 Å². The van der Waals surface area contributed by atoms with Gasteiger partial charge in [-0.1, -0.05) is 65.3 Å². The minimum absolute atomic E-state index is 0. The zero-order chi connectivity index (χ0) is 26.9. The second kappa shape index (κ2) is 12.0. The molecule has 0 radical (unpaired) electrons. The van der Waals surface area contributed by atoms with Gasteiger partial charge in [-0.2, -0.15) is 13.5 Å². The van der Waals surface area contributed by atoms with E-state index in [0.29, 0.717) is 22.1 Å². The van der Waals surface area contributed by atoms with E-state index in [0.717, 1.165) is 0 Å². The summed E-state index contributed by atoms with van der Waals surface area (Å²) in [4.78, 5) is 12.5. The molecule has 9 nitrogen and oxygen atoms in total. The Balaban J connectivity index is 0.00000400. The molecule has 4 aromatic rings. The molecule has 0 aliphatic carbocycles. The van der Waals surface area contributed by atoms with E-state index in [9.17, 15) is 22.9 Å². The van der Waals surface area contributed by atoms with Gasteiger partial charge in [0.25, 0.3) is 16.0 Å². The Kier molecular flexibility index (Phi) is 9.43. The quantitative estimate of drug-likeness (QED) is 0.203. The number of hydrogen-bond acceptors (Lipinski definition) is 7. The van der Waals surface area contributed by atoms with Gasteiger partial charge in [-0.3, -0.25) is 9.35 Å². The molecular weight excluding hydrogens is 564 g/mol. The smallest absolute Gasteiger partial charge is 0.870 e. The number of hydrogen-bond donors (Lipinski definition) is 2. The summed E-state index contributed by atoms with van der Waals surface area (Å²) >= 11 is 12.4. The second-order valence-electron chi connectivity index (χ2n) is 7.82. The van der Waals surface area contributed by atoms with Crippen LogP contribution in [0.25, 0.3) is 10.8 Å². The molecule has 0 fully saturated rings. The Morgan fingerprint density at radius 1 is 1.03 bits per heavy atom.